The summed E-state index contributed by atoms with van der Waals surface area (Å²) in [7, 11) is -5.11. The number of rotatable bonds is 40. The summed E-state index contributed by atoms with van der Waals surface area (Å²) in [6.07, 6.45) is 21.5. The molecule has 1 rings (SSSR count). The first-order chi connectivity index (χ1) is 28.3. The van der Waals surface area contributed by atoms with E-state index in [1.165, 1.54) is 128 Å². The molecule has 14 heteroatoms. The number of carbonyl (C=O) groups is 1. The van der Waals surface area contributed by atoms with Crippen LogP contribution in [0.4, 0.5) is 0 Å². The van der Waals surface area contributed by atoms with E-state index >= 15 is 0 Å². The van der Waals surface area contributed by atoms with Gasteiger partial charge in [0.25, 0.3) is 0 Å². The first-order valence-electron chi connectivity index (χ1n) is 24.1. The summed E-state index contributed by atoms with van der Waals surface area (Å²) < 4.78 is 22.9. The van der Waals surface area contributed by atoms with Crippen LogP contribution >= 0.6 is 7.82 Å². The summed E-state index contributed by atoms with van der Waals surface area (Å²) in [5, 5.41) is 74.6. The van der Waals surface area contributed by atoms with Crippen molar-refractivity contribution < 1.29 is 59.0 Å². The molecule has 1 amide bonds. The molecule has 9 N–H and O–H groups in total. The number of aliphatic hydroxyl groups is 7. The van der Waals surface area contributed by atoms with Crippen LogP contribution in [0.2, 0.25) is 0 Å². The van der Waals surface area contributed by atoms with E-state index < -0.39 is 75.2 Å². The fourth-order valence-electron chi connectivity index (χ4n) is 8.01. The zero-order valence-corrected chi connectivity index (χ0v) is 38.1. The van der Waals surface area contributed by atoms with Gasteiger partial charge in [-0.2, -0.15) is 0 Å². The van der Waals surface area contributed by atoms with Crippen LogP contribution in [0.3, 0.4) is 0 Å². The lowest BCUT2D eigenvalue weighted by Crippen LogP contribution is -2.64. The maximum atomic E-state index is 13.0. The largest absolute Gasteiger partial charge is 0.472 e. The molecule has 1 aliphatic carbocycles. The average molecular weight is 868 g/mol. The van der Waals surface area contributed by atoms with Crippen molar-refractivity contribution >= 4 is 13.7 Å². The predicted octanol–water partition coefficient (Wildman–Crippen LogP) is 8.04. The fraction of sp³-hybridized carbons (Fsp3) is 0.978. The van der Waals surface area contributed by atoms with Gasteiger partial charge in [-0.1, -0.05) is 200 Å². The molecular formula is C45H90NO12P. The van der Waals surface area contributed by atoms with Crippen molar-refractivity contribution in [2.24, 2.45) is 0 Å². The Labute approximate surface area is 358 Å². The van der Waals surface area contributed by atoms with Crippen molar-refractivity contribution in [2.75, 3.05) is 6.61 Å². The highest BCUT2D eigenvalue weighted by molar-refractivity contribution is 7.47. The third-order valence-electron chi connectivity index (χ3n) is 12.0. The van der Waals surface area contributed by atoms with E-state index in [9.17, 15) is 50.0 Å². The summed E-state index contributed by atoms with van der Waals surface area (Å²) >= 11 is 0. The molecule has 0 radical (unpaired) electrons. The first kappa shape index (κ1) is 56.3. The molecule has 1 saturated carbocycles. The van der Waals surface area contributed by atoms with E-state index in [2.05, 4.69) is 19.2 Å². The Balaban J connectivity index is 2.47. The van der Waals surface area contributed by atoms with Gasteiger partial charge in [0.1, 0.15) is 36.6 Å². The minimum Gasteiger partial charge on any atom is -0.393 e. The lowest BCUT2D eigenvalue weighted by molar-refractivity contribution is -0.220. The summed E-state index contributed by atoms with van der Waals surface area (Å²) in [6.45, 7) is 3.79. The topological polar surface area (TPSA) is 226 Å². The number of nitrogens with one attached hydrogen (secondary N) is 1. The molecule has 59 heavy (non-hydrogen) atoms. The second kappa shape index (κ2) is 35.7. The van der Waals surface area contributed by atoms with Crippen LogP contribution in [-0.2, 0) is 18.4 Å². The maximum absolute atomic E-state index is 13.0. The van der Waals surface area contributed by atoms with Crippen LogP contribution in [0.15, 0.2) is 0 Å². The van der Waals surface area contributed by atoms with Crippen LogP contribution in [0.25, 0.3) is 0 Å². The number of hydrogen-bond acceptors (Lipinski definition) is 11. The summed E-state index contributed by atoms with van der Waals surface area (Å²) in [5.74, 6) is -0.557. The molecular weight excluding hydrogens is 777 g/mol. The van der Waals surface area contributed by atoms with Crippen LogP contribution in [0.5, 0.6) is 0 Å². The number of phosphoric acid groups is 1. The van der Waals surface area contributed by atoms with Gasteiger partial charge in [0, 0.05) is 0 Å². The van der Waals surface area contributed by atoms with E-state index in [0.29, 0.717) is 12.8 Å². The van der Waals surface area contributed by atoms with Crippen molar-refractivity contribution in [1.29, 1.82) is 0 Å². The second-order valence-corrected chi connectivity index (χ2v) is 18.9. The smallest absolute Gasteiger partial charge is 0.393 e. The Kier molecular flexibility index (Phi) is 34.1. The summed E-state index contributed by atoms with van der Waals surface area (Å²) in [6, 6.07) is -1.15. The SMILES string of the molecule is CCCCCCCCCCCCCCCCCCCC(O)CC(=O)NC(COP(=O)(O)OC1C(O)C(O)C(O)C(O)C1O)C(O)CCCCCCCCCCCCCC. The van der Waals surface area contributed by atoms with Gasteiger partial charge in [0.2, 0.25) is 5.91 Å². The number of carbonyl (C=O) groups excluding carboxylic acids is 1. The van der Waals surface area contributed by atoms with Crippen LogP contribution in [0, 0.1) is 0 Å². The molecule has 13 nitrogen and oxygen atoms in total. The van der Waals surface area contributed by atoms with E-state index in [1.807, 2.05) is 0 Å². The molecule has 352 valence electrons. The van der Waals surface area contributed by atoms with E-state index in [1.54, 1.807) is 0 Å². The van der Waals surface area contributed by atoms with Gasteiger partial charge in [-0.05, 0) is 12.8 Å². The van der Waals surface area contributed by atoms with Gasteiger partial charge in [-0.15, -0.1) is 0 Å². The average Bonchev–Trinajstić information content (AvgIpc) is 3.21. The van der Waals surface area contributed by atoms with Gasteiger partial charge in [0.15, 0.2) is 0 Å². The van der Waals surface area contributed by atoms with Gasteiger partial charge < -0.3 is 46.0 Å². The zero-order chi connectivity index (χ0) is 43.7. The minimum atomic E-state index is -5.11. The molecule has 1 aliphatic rings. The number of amides is 1. The predicted molar refractivity (Wildman–Crippen MR) is 234 cm³/mol. The highest BCUT2D eigenvalue weighted by Crippen LogP contribution is 2.47. The van der Waals surface area contributed by atoms with E-state index in [-0.39, 0.29) is 12.8 Å². The number of aliphatic hydroxyl groups excluding tert-OH is 7. The molecule has 0 bridgehead atoms. The molecule has 8 atom stereocenters. The van der Waals surface area contributed by atoms with Crippen LogP contribution in [-0.4, -0.2) is 108 Å². The lowest BCUT2D eigenvalue weighted by atomic mass is 9.85. The highest BCUT2D eigenvalue weighted by Gasteiger charge is 2.51. The quantitative estimate of drug-likeness (QED) is 0.0211. The van der Waals surface area contributed by atoms with Gasteiger partial charge in [-0.3, -0.25) is 13.8 Å². The fourth-order valence-corrected chi connectivity index (χ4v) is 8.98. The molecule has 0 aromatic rings. The van der Waals surface area contributed by atoms with Crippen LogP contribution in [0.1, 0.15) is 219 Å². The van der Waals surface area contributed by atoms with Gasteiger partial charge in [-0.25, -0.2) is 4.57 Å². The molecule has 0 heterocycles. The summed E-state index contributed by atoms with van der Waals surface area (Å²) in [4.78, 5) is 23.5. The molecule has 0 saturated heterocycles. The molecule has 8 unspecified atom stereocenters. The Morgan fingerprint density at radius 1 is 0.525 bits per heavy atom. The van der Waals surface area contributed by atoms with E-state index in [0.717, 1.165) is 51.4 Å². The highest BCUT2D eigenvalue weighted by atomic mass is 31.2. The standard InChI is InChI=1S/C45H90NO12P/c1-3-5-7-9-11-13-15-17-18-19-20-21-22-24-26-28-30-32-36(47)34-39(49)46-37(38(48)33-31-29-27-25-23-16-14-12-10-8-6-4-2)35-57-59(55,56)58-45-43(53)41(51)40(50)42(52)44(45)54/h36-38,40-45,47-48,50-54H,3-35H2,1-2H3,(H,46,49)(H,55,56). The minimum absolute atomic E-state index is 0.216. The third-order valence-corrected chi connectivity index (χ3v) is 13.0. The Morgan fingerprint density at radius 3 is 1.22 bits per heavy atom. The number of hydrogen-bond donors (Lipinski definition) is 9. The number of phosphoric ester groups is 1. The van der Waals surface area contributed by atoms with Crippen molar-refractivity contribution in [3.63, 3.8) is 0 Å². The van der Waals surface area contributed by atoms with Crippen molar-refractivity contribution in [3.05, 3.63) is 0 Å². The Morgan fingerprint density at radius 2 is 0.847 bits per heavy atom. The van der Waals surface area contributed by atoms with Crippen LogP contribution < -0.4 is 5.32 Å². The summed E-state index contributed by atoms with van der Waals surface area (Å²) in [5.41, 5.74) is 0. The Hall–Kier alpha value is -0.700. The van der Waals surface area contributed by atoms with Crippen molar-refractivity contribution in [3.8, 4) is 0 Å². The van der Waals surface area contributed by atoms with Crippen molar-refractivity contribution in [1.82, 2.24) is 5.32 Å². The maximum Gasteiger partial charge on any atom is 0.472 e. The molecule has 0 aromatic carbocycles. The first-order valence-corrected chi connectivity index (χ1v) is 25.6. The number of unbranched alkanes of at least 4 members (excludes halogenated alkanes) is 27. The third kappa shape index (κ3) is 27.9. The van der Waals surface area contributed by atoms with Gasteiger partial charge in [0.05, 0.1) is 31.3 Å². The normalized spacial score (nSPS) is 23.5. The molecule has 0 aromatic heterocycles. The zero-order valence-electron chi connectivity index (χ0n) is 37.2. The lowest BCUT2D eigenvalue weighted by Gasteiger charge is -2.41. The monoisotopic (exact) mass is 868 g/mol. The molecule has 1 fully saturated rings. The molecule has 0 spiro atoms. The van der Waals surface area contributed by atoms with Crippen molar-refractivity contribution in [2.45, 2.75) is 274 Å². The van der Waals surface area contributed by atoms with E-state index in [4.69, 9.17) is 9.05 Å². The second-order valence-electron chi connectivity index (χ2n) is 17.5. The molecule has 0 aliphatic heterocycles. The Bertz CT molecular complexity index is 1030. The van der Waals surface area contributed by atoms with Gasteiger partial charge >= 0.3 is 7.82 Å².